The first-order valence-electron chi connectivity index (χ1n) is 9.07. The van der Waals surface area contributed by atoms with Crippen molar-refractivity contribution in [1.82, 2.24) is 5.32 Å². The van der Waals surface area contributed by atoms with Gasteiger partial charge < -0.3 is 15.4 Å². The molecule has 0 spiro atoms. The molecule has 0 saturated heterocycles. The summed E-state index contributed by atoms with van der Waals surface area (Å²) in [6, 6.07) is 5.68. The van der Waals surface area contributed by atoms with E-state index < -0.39 is 0 Å². The van der Waals surface area contributed by atoms with Gasteiger partial charge in [-0.2, -0.15) is 0 Å². The van der Waals surface area contributed by atoms with E-state index >= 15 is 0 Å². The summed E-state index contributed by atoms with van der Waals surface area (Å²) in [5, 5.41) is 6.41. The van der Waals surface area contributed by atoms with Gasteiger partial charge in [-0.3, -0.25) is 9.59 Å². The normalized spacial score (nSPS) is 18.4. The first-order chi connectivity index (χ1) is 12.1. The van der Waals surface area contributed by atoms with Crippen molar-refractivity contribution in [2.24, 2.45) is 0 Å². The van der Waals surface area contributed by atoms with Gasteiger partial charge in [-0.15, -0.1) is 0 Å². The summed E-state index contributed by atoms with van der Waals surface area (Å²) < 4.78 is 5.45. The van der Waals surface area contributed by atoms with Crippen LogP contribution in [0.25, 0.3) is 0 Å². The number of anilines is 1. The quantitative estimate of drug-likeness (QED) is 0.854. The number of rotatable bonds is 5. The summed E-state index contributed by atoms with van der Waals surface area (Å²) in [6.07, 6.45) is 7.02. The maximum absolute atomic E-state index is 12.5. The molecule has 5 heteroatoms. The van der Waals surface area contributed by atoms with Crippen molar-refractivity contribution in [3.63, 3.8) is 0 Å². The van der Waals surface area contributed by atoms with E-state index in [-0.39, 0.29) is 17.7 Å². The summed E-state index contributed by atoms with van der Waals surface area (Å²) in [4.78, 5) is 24.2. The van der Waals surface area contributed by atoms with Gasteiger partial charge in [0.05, 0.1) is 12.8 Å². The lowest BCUT2D eigenvalue weighted by atomic mass is 9.95. The highest BCUT2D eigenvalue weighted by Gasteiger charge is 2.21. The Hall–Kier alpha value is -2.30. The lowest BCUT2D eigenvalue weighted by Crippen LogP contribution is -2.36. The molecule has 3 rings (SSSR count). The molecular weight excluding hydrogens is 316 g/mol. The molecule has 134 valence electrons. The Bertz CT molecular complexity index is 703. The maximum Gasteiger partial charge on any atom is 0.251 e. The minimum Gasteiger partial charge on any atom is -0.495 e. The van der Waals surface area contributed by atoms with E-state index in [1.54, 1.807) is 19.2 Å². The van der Waals surface area contributed by atoms with Crippen LogP contribution in [0.2, 0.25) is 0 Å². The zero-order valence-electron chi connectivity index (χ0n) is 15.0. The standard InChI is InChI=1S/C20H26N2O3/c1-13-16(10-11-18(13)23)22-17-9-8-14(12-19(17)25-2)20(24)21-15-6-4-3-5-7-15/h8-9,12,15,22H,3-7,10-11H2,1-2H3,(H,21,24). The lowest BCUT2D eigenvalue weighted by molar-refractivity contribution is -0.114. The molecule has 0 atom stereocenters. The second kappa shape index (κ2) is 7.72. The predicted octanol–water partition coefficient (Wildman–Crippen LogP) is 3.81. The number of hydrogen-bond acceptors (Lipinski definition) is 4. The fraction of sp³-hybridized carbons (Fsp3) is 0.500. The zero-order chi connectivity index (χ0) is 17.8. The summed E-state index contributed by atoms with van der Waals surface area (Å²) in [5.41, 5.74) is 3.09. The third-order valence-corrected chi connectivity index (χ3v) is 5.16. The van der Waals surface area contributed by atoms with Crippen LogP contribution in [0.5, 0.6) is 5.75 Å². The monoisotopic (exact) mass is 342 g/mol. The van der Waals surface area contributed by atoms with Crippen molar-refractivity contribution >= 4 is 17.4 Å². The molecule has 1 aromatic rings. The van der Waals surface area contributed by atoms with Crippen LogP contribution in [0.4, 0.5) is 5.69 Å². The molecule has 2 N–H and O–H groups in total. The number of hydrogen-bond donors (Lipinski definition) is 2. The maximum atomic E-state index is 12.5. The fourth-order valence-corrected chi connectivity index (χ4v) is 3.55. The van der Waals surface area contributed by atoms with Crippen molar-refractivity contribution in [2.45, 2.75) is 57.9 Å². The third kappa shape index (κ3) is 4.03. The summed E-state index contributed by atoms with van der Waals surface area (Å²) in [5.74, 6) is 0.740. The Kier molecular flexibility index (Phi) is 5.41. The number of methoxy groups -OCH3 is 1. The number of carbonyl (C=O) groups excluding carboxylic acids is 2. The van der Waals surface area contributed by atoms with Gasteiger partial charge in [-0.25, -0.2) is 0 Å². The molecule has 0 radical (unpaired) electrons. The van der Waals surface area contributed by atoms with Gasteiger partial charge in [0, 0.05) is 29.3 Å². The summed E-state index contributed by atoms with van der Waals surface area (Å²) >= 11 is 0. The molecule has 1 amide bonds. The highest BCUT2D eigenvalue weighted by Crippen LogP contribution is 2.31. The number of ether oxygens (including phenoxy) is 1. The lowest BCUT2D eigenvalue weighted by Gasteiger charge is -2.23. The van der Waals surface area contributed by atoms with Crippen molar-refractivity contribution in [1.29, 1.82) is 0 Å². The minimum absolute atomic E-state index is 0.0526. The van der Waals surface area contributed by atoms with E-state index in [2.05, 4.69) is 10.6 Å². The third-order valence-electron chi connectivity index (χ3n) is 5.16. The molecule has 5 nitrogen and oxygen atoms in total. The number of ketones is 1. The number of carbonyl (C=O) groups is 2. The van der Waals surface area contributed by atoms with E-state index in [4.69, 9.17) is 4.74 Å². The molecule has 0 aliphatic heterocycles. The van der Waals surface area contributed by atoms with Crippen LogP contribution in [0.3, 0.4) is 0 Å². The van der Waals surface area contributed by atoms with Crippen LogP contribution >= 0.6 is 0 Å². The topological polar surface area (TPSA) is 67.4 Å². The molecular formula is C20H26N2O3. The first-order valence-corrected chi connectivity index (χ1v) is 9.07. The SMILES string of the molecule is COc1cc(C(=O)NC2CCCCC2)ccc1NC1=C(C)C(=O)CC1. The summed E-state index contributed by atoms with van der Waals surface area (Å²) in [7, 11) is 1.59. The molecule has 0 aromatic heterocycles. The van der Waals surface area contributed by atoms with Crippen LogP contribution in [0, 0.1) is 0 Å². The van der Waals surface area contributed by atoms with E-state index in [1.165, 1.54) is 19.3 Å². The minimum atomic E-state index is -0.0526. The van der Waals surface area contributed by atoms with Crippen molar-refractivity contribution < 1.29 is 14.3 Å². The molecule has 1 aromatic carbocycles. The highest BCUT2D eigenvalue weighted by molar-refractivity contribution is 5.99. The van der Waals surface area contributed by atoms with E-state index in [1.807, 2.05) is 13.0 Å². The Morgan fingerprint density at radius 2 is 1.92 bits per heavy atom. The second-order valence-corrected chi connectivity index (χ2v) is 6.88. The Morgan fingerprint density at radius 3 is 2.56 bits per heavy atom. The van der Waals surface area contributed by atoms with Crippen LogP contribution in [-0.2, 0) is 4.79 Å². The number of benzene rings is 1. The van der Waals surface area contributed by atoms with Gasteiger partial charge in [-0.1, -0.05) is 19.3 Å². The highest BCUT2D eigenvalue weighted by atomic mass is 16.5. The molecule has 2 aliphatic rings. The van der Waals surface area contributed by atoms with Crippen LogP contribution in [0.1, 0.15) is 62.2 Å². The van der Waals surface area contributed by atoms with Crippen LogP contribution < -0.4 is 15.4 Å². The van der Waals surface area contributed by atoms with E-state index in [0.29, 0.717) is 17.7 Å². The fourth-order valence-electron chi connectivity index (χ4n) is 3.55. The largest absolute Gasteiger partial charge is 0.495 e. The average molecular weight is 342 g/mol. The Morgan fingerprint density at radius 1 is 1.16 bits per heavy atom. The molecule has 1 saturated carbocycles. The van der Waals surface area contributed by atoms with Gasteiger partial charge >= 0.3 is 0 Å². The first kappa shape index (κ1) is 17.5. The number of nitrogens with one attached hydrogen (secondary N) is 2. The number of amides is 1. The number of allylic oxidation sites excluding steroid dienone is 2. The van der Waals surface area contributed by atoms with Gasteiger partial charge in [0.1, 0.15) is 5.75 Å². The van der Waals surface area contributed by atoms with Crippen LogP contribution in [0.15, 0.2) is 29.5 Å². The Labute approximate surface area is 148 Å². The van der Waals surface area contributed by atoms with E-state index in [0.717, 1.165) is 36.2 Å². The molecule has 0 bridgehead atoms. The molecule has 0 unspecified atom stereocenters. The van der Waals surface area contributed by atoms with Crippen LogP contribution in [-0.4, -0.2) is 24.8 Å². The van der Waals surface area contributed by atoms with Crippen molar-refractivity contribution in [3.8, 4) is 5.75 Å². The Balaban J connectivity index is 1.72. The van der Waals surface area contributed by atoms with Gasteiger partial charge in [0.25, 0.3) is 5.91 Å². The van der Waals surface area contributed by atoms with Crippen molar-refractivity contribution in [2.75, 3.05) is 12.4 Å². The second-order valence-electron chi connectivity index (χ2n) is 6.88. The van der Waals surface area contributed by atoms with E-state index in [9.17, 15) is 9.59 Å². The smallest absolute Gasteiger partial charge is 0.251 e. The summed E-state index contributed by atoms with van der Waals surface area (Å²) in [6.45, 7) is 1.84. The molecule has 2 aliphatic carbocycles. The zero-order valence-corrected chi connectivity index (χ0v) is 15.0. The predicted molar refractivity (Wildman–Crippen MR) is 97.9 cm³/mol. The molecule has 0 heterocycles. The molecule has 1 fully saturated rings. The van der Waals surface area contributed by atoms with Gasteiger partial charge in [-0.05, 0) is 44.4 Å². The van der Waals surface area contributed by atoms with Crippen molar-refractivity contribution in [3.05, 3.63) is 35.0 Å². The molecule has 25 heavy (non-hydrogen) atoms. The number of Topliss-reactive ketones (excluding diaryl/α,β-unsaturated/α-hetero) is 1. The average Bonchev–Trinajstić information content (AvgIpc) is 2.95. The van der Waals surface area contributed by atoms with Gasteiger partial charge in [0.2, 0.25) is 0 Å². The van der Waals surface area contributed by atoms with Gasteiger partial charge in [0.15, 0.2) is 5.78 Å².